The Morgan fingerprint density at radius 3 is 2.78 bits per heavy atom. The Kier molecular flexibility index (Phi) is 3.43. The highest BCUT2D eigenvalue weighted by molar-refractivity contribution is 5.57. The van der Waals surface area contributed by atoms with Gasteiger partial charge in [-0.15, -0.1) is 0 Å². The zero-order valence-corrected chi connectivity index (χ0v) is 11.5. The van der Waals surface area contributed by atoms with E-state index in [4.69, 9.17) is 6.21 Å². The standard InChI is InChI=1S/C15H23N2O/c1-13(18-17(2,3)4)14-9-5-6-10-15(14)16-11-7-8-12-16/h5-6,9-11,13H,1,7-8,12H2,2-4H3/q+1/i1D. The van der Waals surface area contributed by atoms with Crippen LogP contribution >= 0.6 is 0 Å². The number of hydrogen-bond acceptors (Lipinski definition) is 1. The summed E-state index contributed by atoms with van der Waals surface area (Å²) in [6.07, 6.45) is 4.23. The van der Waals surface area contributed by atoms with Crippen LogP contribution in [-0.2, 0) is 4.84 Å². The number of benzene rings is 1. The summed E-state index contributed by atoms with van der Waals surface area (Å²) in [7, 11) is 5.88. The highest BCUT2D eigenvalue weighted by Gasteiger charge is 2.22. The topological polar surface area (TPSA) is 12.2 Å². The molecule has 0 saturated heterocycles. The molecule has 0 saturated carbocycles. The molecule has 1 heterocycles. The lowest BCUT2D eigenvalue weighted by Gasteiger charge is -2.29. The van der Waals surface area contributed by atoms with Crippen LogP contribution in [0.5, 0.6) is 0 Å². The summed E-state index contributed by atoms with van der Waals surface area (Å²) >= 11 is 0. The van der Waals surface area contributed by atoms with Crippen LogP contribution < -0.4 is 0 Å². The van der Waals surface area contributed by atoms with E-state index in [2.05, 4.69) is 16.9 Å². The van der Waals surface area contributed by atoms with Crippen LogP contribution in [0.25, 0.3) is 0 Å². The van der Waals surface area contributed by atoms with Gasteiger partial charge in [-0.1, -0.05) is 18.2 Å². The van der Waals surface area contributed by atoms with Crippen molar-refractivity contribution < 1.29 is 15.4 Å². The maximum absolute atomic E-state index is 7.66. The van der Waals surface area contributed by atoms with Crippen LogP contribution in [0.15, 0.2) is 24.3 Å². The maximum atomic E-state index is 7.66. The zero-order chi connectivity index (χ0) is 13.9. The molecule has 0 bridgehead atoms. The summed E-state index contributed by atoms with van der Waals surface area (Å²) in [5, 5.41) is 0. The van der Waals surface area contributed by atoms with Gasteiger partial charge >= 0.3 is 0 Å². The Labute approximate surface area is 111 Å². The summed E-state index contributed by atoms with van der Waals surface area (Å²) < 4.78 is 10.3. The number of quaternary nitrogens is 1. The first-order valence-electron chi connectivity index (χ1n) is 6.99. The second kappa shape index (κ2) is 5.21. The quantitative estimate of drug-likeness (QED) is 0.338. The number of hydroxylamine groups is 3. The van der Waals surface area contributed by atoms with E-state index < -0.39 is 0 Å². The van der Waals surface area contributed by atoms with Crippen molar-refractivity contribution in [3.63, 3.8) is 0 Å². The molecule has 2 rings (SSSR count). The molecule has 0 aliphatic carbocycles. The molecule has 1 atom stereocenters. The largest absolute Gasteiger partial charge is 0.304 e. The zero-order valence-electron chi connectivity index (χ0n) is 12.5. The van der Waals surface area contributed by atoms with E-state index in [1.807, 2.05) is 39.3 Å². The number of para-hydroxylation sites is 1. The Hall–Kier alpha value is -1.19. The van der Waals surface area contributed by atoms with Gasteiger partial charge in [0, 0.05) is 30.6 Å². The minimum Gasteiger partial charge on any atom is -0.304 e. The first-order valence-corrected chi connectivity index (χ1v) is 6.42. The van der Waals surface area contributed by atoms with Gasteiger partial charge in [-0.25, -0.2) is 10.8 Å². The van der Waals surface area contributed by atoms with Gasteiger partial charge in [0.05, 0.1) is 21.1 Å². The highest BCUT2D eigenvalue weighted by Crippen LogP contribution is 2.29. The third-order valence-electron chi connectivity index (χ3n) is 2.94. The van der Waals surface area contributed by atoms with Crippen molar-refractivity contribution in [2.24, 2.45) is 0 Å². The molecule has 3 nitrogen and oxygen atoms in total. The molecular formula is C15H23N2O+. The van der Waals surface area contributed by atoms with Gasteiger partial charge < -0.3 is 6.90 Å². The fourth-order valence-corrected chi connectivity index (χ4v) is 2.21. The number of nitrogens with zero attached hydrogens (tertiary/aromatic N) is 2. The van der Waals surface area contributed by atoms with Gasteiger partial charge in [0.15, 0.2) is 0 Å². The monoisotopic (exact) mass is 248 g/mol. The molecular weight excluding hydrogens is 224 g/mol. The van der Waals surface area contributed by atoms with Crippen molar-refractivity contribution >= 4 is 11.9 Å². The molecule has 18 heavy (non-hydrogen) atoms. The van der Waals surface area contributed by atoms with Crippen LogP contribution in [0, 0.1) is 6.90 Å². The smallest absolute Gasteiger partial charge is 0.208 e. The Morgan fingerprint density at radius 2 is 2.17 bits per heavy atom. The van der Waals surface area contributed by atoms with E-state index >= 15 is 0 Å². The third-order valence-corrected chi connectivity index (χ3v) is 2.94. The van der Waals surface area contributed by atoms with Crippen LogP contribution in [0.1, 0.15) is 25.9 Å². The summed E-state index contributed by atoms with van der Waals surface area (Å²) in [6, 6.07) is 8.20. The van der Waals surface area contributed by atoms with Gasteiger partial charge in [-0.3, -0.25) is 0 Å². The summed E-state index contributed by atoms with van der Waals surface area (Å²) in [6.45, 7) is 2.42. The maximum Gasteiger partial charge on any atom is 0.208 e. The average Bonchev–Trinajstić information content (AvgIpc) is 2.88. The molecule has 1 aliphatic rings. The first-order chi connectivity index (χ1) is 9.01. The average molecular weight is 248 g/mol. The lowest BCUT2D eigenvalue weighted by Crippen LogP contribution is -2.35. The van der Waals surface area contributed by atoms with Gasteiger partial charge in [0.25, 0.3) is 0 Å². The van der Waals surface area contributed by atoms with E-state index in [1.54, 1.807) is 0 Å². The van der Waals surface area contributed by atoms with Crippen molar-refractivity contribution in [1.29, 1.82) is 0 Å². The second-order valence-electron chi connectivity index (χ2n) is 5.49. The third kappa shape index (κ3) is 3.18. The predicted molar refractivity (Wildman–Crippen MR) is 73.7 cm³/mol. The van der Waals surface area contributed by atoms with E-state index in [-0.39, 0.29) is 6.10 Å². The molecule has 0 spiro atoms. The normalized spacial score (nSPS) is 18.4. The molecule has 0 fully saturated rings. The van der Waals surface area contributed by atoms with E-state index in [0.717, 1.165) is 24.2 Å². The molecule has 0 amide bonds. The van der Waals surface area contributed by atoms with Crippen molar-refractivity contribution in [2.75, 3.05) is 27.7 Å². The SMILES string of the molecule is [2H][CH-]C(O[N+](C)(C)C)c1ccccc1[N+]1=CCCC1. The molecule has 98 valence electrons. The van der Waals surface area contributed by atoms with Crippen LogP contribution in [-0.4, -0.2) is 43.1 Å². The summed E-state index contributed by atoms with van der Waals surface area (Å²) in [5.41, 5.74) is 2.21. The van der Waals surface area contributed by atoms with Gasteiger partial charge in [-0.05, 0) is 0 Å². The minimum atomic E-state index is -0.315. The van der Waals surface area contributed by atoms with Crippen molar-refractivity contribution in [1.82, 2.24) is 0 Å². The fraction of sp³-hybridized carbons (Fsp3) is 0.467. The van der Waals surface area contributed by atoms with E-state index in [1.165, 1.54) is 13.3 Å². The predicted octanol–water partition coefficient (Wildman–Crippen LogP) is 2.71. The first kappa shape index (κ1) is 11.9. The lowest BCUT2D eigenvalue weighted by molar-refractivity contribution is -1.07. The van der Waals surface area contributed by atoms with Crippen molar-refractivity contribution in [3.8, 4) is 0 Å². The van der Waals surface area contributed by atoms with Crippen LogP contribution in [0.3, 0.4) is 0 Å². The molecule has 1 unspecified atom stereocenters. The second-order valence-corrected chi connectivity index (χ2v) is 5.49. The number of hydrogen-bond donors (Lipinski definition) is 0. The molecule has 3 heteroatoms. The Balaban J connectivity index is 2.32. The highest BCUT2D eigenvalue weighted by atomic mass is 16.7. The van der Waals surface area contributed by atoms with Gasteiger partial charge in [0.1, 0.15) is 12.8 Å². The fourth-order valence-electron chi connectivity index (χ4n) is 2.21. The van der Waals surface area contributed by atoms with Crippen LogP contribution in [0.2, 0.25) is 0 Å². The molecule has 1 aromatic carbocycles. The molecule has 1 aliphatic heterocycles. The molecule has 0 radical (unpaired) electrons. The van der Waals surface area contributed by atoms with Gasteiger partial charge in [-0.2, -0.15) is 4.65 Å². The summed E-state index contributed by atoms with van der Waals surface area (Å²) in [4.78, 5) is 5.93. The van der Waals surface area contributed by atoms with E-state index in [9.17, 15) is 0 Å². The minimum absolute atomic E-state index is 0.315. The Bertz CT molecular complexity index is 465. The van der Waals surface area contributed by atoms with Crippen molar-refractivity contribution in [3.05, 3.63) is 36.7 Å². The molecule has 1 aromatic rings. The lowest BCUT2D eigenvalue weighted by atomic mass is 10.1. The van der Waals surface area contributed by atoms with E-state index in [0.29, 0.717) is 4.65 Å². The van der Waals surface area contributed by atoms with Crippen LogP contribution in [0.4, 0.5) is 5.69 Å². The Morgan fingerprint density at radius 1 is 1.39 bits per heavy atom. The summed E-state index contributed by atoms with van der Waals surface area (Å²) in [5.74, 6) is 0. The number of rotatable bonds is 5. The van der Waals surface area contributed by atoms with Crippen molar-refractivity contribution in [2.45, 2.75) is 18.9 Å². The molecule has 0 N–H and O–H groups in total. The molecule has 0 aromatic heterocycles. The van der Waals surface area contributed by atoms with Gasteiger partial charge in [0.2, 0.25) is 5.69 Å².